The number of carbonyl (C=O) groups is 1. The molecule has 176 valence electrons. The number of methoxy groups -OCH3 is 1. The van der Waals surface area contributed by atoms with Crippen LogP contribution in [0.1, 0.15) is 42.7 Å². The number of hydrogen-bond donors (Lipinski definition) is 1. The molecule has 0 atom stereocenters. The first kappa shape index (κ1) is 26.3. The molecular weight excluding hydrogens is 539 g/mol. The summed E-state index contributed by atoms with van der Waals surface area (Å²) in [5, 5.41) is 13.4. The van der Waals surface area contributed by atoms with Crippen LogP contribution >= 0.6 is 22.6 Å². The van der Waals surface area contributed by atoms with Gasteiger partial charge < -0.3 is 18.9 Å². The molecule has 0 spiro atoms. The second kappa shape index (κ2) is 13.6. The minimum Gasteiger partial charge on any atom is -0.490 e. The van der Waals surface area contributed by atoms with E-state index < -0.39 is 5.91 Å². The first-order valence-corrected chi connectivity index (χ1v) is 11.4. The van der Waals surface area contributed by atoms with E-state index in [1.807, 2.05) is 19.9 Å². The smallest absolute Gasteiger partial charge is 0.278 e. The molecule has 0 unspecified atom stereocenters. The monoisotopic (exact) mass is 566 g/mol. The van der Waals surface area contributed by atoms with Gasteiger partial charge in [0.1, 0.15) is 11.6 Å². The van der Waals surface area contributed by atoms with Crippen LogP contribution in [0.3, 0.4) is 0 Å². The fourth-order valence-corrected chi connectivity index (χ4v) is 3.60. The highest BCUT2D eigenvalue weighted by Gasteiger charge is 2.14. The first-order valence-electron chi connectivity index (χ1n) is 10.4. The lowest BCUT2D eigenvalue weighted by molar-refractivity contribution is -0.123. The number of halogens is 1. The van der Waals surface area contributed by atoms with E-state index in [-0.39, 0.29) is 24.7 Å². The average molecular weight is 566 g/mol. The SMILES string of the molecule is CCCOc1c(I)cc(/C=N/NC(=O)COc2nc(C)cc(COC)c2C#N)cc1OCC. The second-order valence-corrected chi connectivity index (χ2v) is 8.00. The minimum atomic E-state index is -0.491. The van der Waals surface area contributed by atoms with E-state index in [9.17, 15) is 10.1 Å². The number of aryl methyl sites for hydroxylation is 1. The van der Waals surface area contributed by atoms with E-state index in [0.717, 1.165) is 15.6 Å². The summed E-state index contributed by atoms with van der Waals surface area (Å²) in [6.07, 6.45) is 2.40. The number of pyridine rings is 1. The van der Waals surface area contributed by atoms with Crippen LogP contribution in [0.5, 0.6) is 17.4 Å². The predicted octanol–water partition coefficient (Wildman–Crippen LogP) is 3.73. The fraction of sp³-hybridized carbons (Fsp3) is 0.391. The normalized spacial score (nSPS) is 10.7. The highest BCUT2D eigenvalue weighted by atomic mass is 127. The van der Waals surface area contributed by atoms with Gasteiger partial charge in [-0.1, -0.05) is 6.92 Å². The Labute approximate surface area is 207 Å². The van der Waals surface area contributed by atoms with Gasteiger partial charge in [0.2, 0.25) is 5.88 Å². The average Bonchev–Trinajstić information content (AvgIpc) is 2.77. The summed E-state index contributed by atoms with van der Waals surface area (Å²) < 4.78 is 22.9. The molecule has 10 heteroatoms. The van der Waals surface area contributed by atoms with Crippen LogP contribution in [-0.2, 0) is 16.1 Å². The molecule has 0 bridgehead atoms. The molecule has 1 aromatic heterocycles. The van der Waals surface area contributed by atoms with Gasteiger partial charge in [-0.2, -0.15) is 10.4 Å². The van der Waals surface area contributed by atoms with E-state index in [0.29, 0.717) is 36.0 Å². The van der Waals surface area contributed by atoms with Crippen LogP contribution in [0.4, 0.5) is 0 Å². The molecule has 33 heavy (non-hydrogen) atoms. The largest absolute Gasteiger partial charge is 0.490 e. The number of rotatable bonds is 12. The summed E-state index contributed by atoms with van der Waals surface area (Å²) >= 11 is 2.18. The van der Waals surface area contributed by atoms with Crippen LogP contribution in [0.25, 0.3) is 0 Å². The number of ether oxygens (including phenoxy) is 4. The molecule has 0 radical (unpaired) electrons. The van der Waals surface area contributed by atoms with Crippen LogP contribution in [0.2, 0.25) is 0 Å². The number of aromatic nitrogens is 1. The van der Waals surface area contributed by atoms with E-state index in [1.54, 1.807) is 19.1 Å². The van der Waals surface area contributed by atoms with E-state index in [1.165, 1.54) is 13.3 Å². The third kappa shape index (κ3) is 7.87. The minimum absolute atomic E-state index is 0.0854. The van der Waals surface area contributed by atoms with Gasteiger partial charge in [0, 0.05) is 18.4 Å². The zero-order valence-electron chi connectivity index (χ0n) is 19.1. The Morgan fingerprint density at radius 1 is 1.27 bits per heavy atom. The second-order valence-electron chi connectivity index (χ2n) is 6.84. The Morgan fingerprint density at radius 3 is 2.73 bits per heavy atom. The molecular formula is C23H27IN4O5. The Kier molecular flexibility index (Phi) is 10.9. The molecule has 0 aliphatic heterocycles. The molecule has 1 amide bonds. The molecule has 2 rings (SSSR count). The third-order valence-corrected chi connectivity index (χ3v) is 4.93. The van der Waals surface area contributed by atoms with Crippen LogP contribution < -0.4 is 19.6 Å². The van der Waals surface area contributed by atoms with Crippen molar-refractivity contribution >= 4 is 34.7 Å². The number of hydrazone groups is 1. The summed E-state index contributed by atoms with van der Waals surface area (Å²) in [5.74, 6) is 0.910. The van der Waals surface area contributed by atoms with Gasteiger partial charge in [-0.05, 0) is 66.6 Å². The van der Waals surface area contributed by atoms with Crippen molar-refractivity contribution in [3.05, 3.63) is 44.2 Å². The van der Waals surface area contributed by atoms with Gasteiger partial charge in [0.05, 0.1) is 29.6 Å². The standard InChI is InChI=1S/C23H27IN4O5/c1-5-7-32-22-19(24)9-16(10-20(22)31-6-2)12-26-28-21(29)14-33-23-18(11-25)17(13-30-4)8-15(3)27-23/h8-10,12H,5-7,13-14H2,1-4H3,(H,28,29)/b26-12+. The van der Waals surface area contributed by atoms with Crippen molar-refractivity contribution in [1.82, 2.24) is 10.4 Å². The maximum absolute atomic E-state index is 12.2. The fourth-order valence-electron chi connectivity index (χ4n) is 2.82. The summed E-state index contributed by atoms with van der Waals surface area (Å²) in [5.41, 5.74) is 4.69. The van der Waals surface area contributed by atoms with Crippen molar-refractivity contribution in [3.8, 4) is 23.4 Å². The quantitative estimate of drug-likeness (QED) is 0.237. The molecule has 0 fully saturated rings. The van der Waals surface area contributed by atoms with E-state index in [2.05, 4.69) is 44.2 Å². The first-order chi connectivity index (χ1) is 15.9. The predicted molar refractivity (Wildman–Crippen MR) is 132 cm³/mol. The van der Waals surface area contributed by atoms with Crippen molar-refractivity contribution in [2.45, 2.75) is 33.8 Å². The number of carbonyl (C=O) groups excluding carboxylic acids is 1. The zero-order chi connectivity index (χ0) is 24.2. The van der Waals surface area contributed by atoms with Gasteiger partial charge in [-0.25, -0.2) is 10.4 Å². The Bertz CT molecular complexity index is 1040. The van der Waals surface area contributed by atoms with Crippen molar-refractivity contribution in [3.63, 3.8) is 0 Å². The third-order valence-electron chi connectivity index (χ3n) is 4.13. The summed E-state index contributed by atoms with van der Waals surface area (Å²) in [4.78, 5) is 16.4. The van der Waals surface area contributed by atoms with Gasteiger partial charge >= 0.3 is 0 Å². The number of nitriles is 1. The molecule has 1 N–H and O–H groups in total. The van der Waals surface area contributed by atoms with E-state index in [4.69, 9.17) is 18.9 Å². The van der Waals surface area contributed by atoms with Crippen molar-refractivity contribution < 1.29 is 23.7 Å². The topological polar surface area (TPSA) is 115 Å². The van der Waals surface area contributed by atoms with Gasteiger partial charge in [0.25, 0.3) is 5.91 Å². The van der Waals surface area contributed by atoms with Crippen LogP contribution in [0, 0.1) is 21.8 Å². The Balaban J connectivity index is 2.04. The summed E-state index contributed by atoms with van der Waals surface area (Å²) in [6.45, 7) is 6.69. The van der Waals surface area contributed by atoms with Gasteiger partial charge in [0.15, 0.2) is 18.1 Å². The number of hydrogen-bond acceptors (Lipinski definition) is 8. The Morgan fingerprint density at radius 2 is 2.06 bits per heavy atom. The van der Waals surface area contributed by atoms with Crippen LogP contribution in [0.15, 0.2) is 23.3 Å². The molecule has 0 saturated heterocycles. The summed E-state index contributed by atoms with van der Waals surface area (Å²) in [7, 11) is 1.53. The molecule has 0 aliphatic carbocycles. The molecule has 0 aliphatic rings. The maximum atomic E-state index is 12.2. The lowest BCUT2D eigenvalue weighted by Crippen LogP contribution is -2.25. The summed E-state index contributed by atoms with van der Waals surface area (Å²) in [6, 6.07) is 7.48. The Hall–Kier alpha value is -2.91. The highest BCUT2D eigenvalue weighted by Crippen LogP contribution is 2.34. The van der Waals surface area contributed by atoms with Crippen molar-refractivity contribution in [2.75, 3.05) is 26.9 Å². The van der Waals surface area contributed by atoms with Crippen molar-refractivity contribution in [2.24, 2.45) is 5.10 Å². The van der Waals surface area contributed by atoms with Gasteiger partial charge in [-0.15, -0.1) is 0 Å². The molecule has 9 nitrogen and oxygen atoms in total. The van der Waals surface area contributed by atoms with Gasteiger partial charge in [-0.3, -0.25) is 4.79 Å². The maximum Gasteiger partial charge on any atom is 0.278 e. The number of nitrogens with one attached hydrogen (secondary N) is 1. The molecule has 1 aromatic carbocycles. The number of amides is 1. The lowest BCUT2D eigenvalue weighted by atomic mass is 10.1. The highest BCUT2D eigenvalue weighted by molar-refractivity contribution is 14.1. The lowest BCUT2D eigenvalue weighted by Gasteiger charge is -2.14. The van der Waals surface area contributed by atoms with E-state index >= 15 is 0 Å². The molecule has 1 heterocycles. The zero-order valence-corrected chi connectivity index (χ0v) is 21.3. The molecule has 0 saturated carbocycles. The van der Waals surface area contributed by atoms with Crippen molar-refractivity contribution in [1.29, 1.82) is 5.26 Å². The molecule has 2 aromatic rings. The number of nitrogens with zero attached hydrogens (tertiary/aromatic N) is 3. The van der Waals surface area contributed by atoms with Crippen LogP contribution in [-0.4, -0.2) is 44.0 Å². The number of benzene rings is 1.